The van der Waals surface area contributed by atoms with Crippen LogP contribution in [0.15, 0.2) is 0 Å². The van der Waals surface area contributed by atoms with Crippen molar-refractivity contribution in [3.63, 3.8) is 0 Å². The molecule has 1 N–H and O–H groups in total. The van der Waals surface area contributed by atoms with Crippen LogP contribution in [0.1, 0.15) is 41.0 Å². The van der Waals surface area contributed by atoms with Crippen LogP contribution >= 0.6 is 0 Å². The van der Waals surface area contributed by atoms with E-state index in [1.165, 1.54) is 6.42 Å². The Balaban J connectivity index is 2.80. The summed E-state index contributed by atoms with van der Waals surface area (Å²) in [5.74, 6) is 0. The summed E-state index contributed by atoms with van der Waals surface area (Å²) in [4.78, 5) is 4.94. The number of nitrogens with one attached hydrogen (secondary N) is 1. The van der Waals surface area contributed by atoms with Crippen molar-refractivity contribution >= 4 is 0 Å². The minimum absolute atomic E-state index is 0.236. The average Bonchev–Trinajstić information content (AvgIpc) is 2.22. The molecule has 17 heavy (non-hydrogen) atoms. The first kappa shape index (κ1) is 14.9. The van der Waals surface area contributed by atoms with Crippen LogP contribution in [0.3, 0.4) is 0 Å². The maximum absolute atomic E-state index is 3.69. The summed E-state index contributed by atoms with van der Waals surface area (Å²) in [6.45, 7) is 15.1. The lowest BCUT2D eigenvalue weighted by Crippen LogP contribution is -2.56. The molecule has 0 spiro atoms. The molecule has 1 unspecified atom stereocenters. The molecule has 0 radical (unpaired) electrons. The molecule has 0 aromatic carbocycles. The number of likely N-dealkylation sites (N-methyl/N-ethyl adjacent to an activating group) is 1. The van der Waals surface area contributed by atoms with Crippen molar-refractivity contribution in [1.29, 1.82) is 0 Å². The van der Waals surface area contributed by atoms with Crippen molar-refractivity contribution in [2.24, 2.45) is 0 Å². The summed E-state index contributed by atoms with van der Waals surface area (Å²) in [7, 11) is 4.30. The lowest BCUT2D eigenvalue weighted by atomic mass is 9.92. The van der Waals surface area contributed by atoms with E-state index in [4.69, 9.17) is 0 Å². The van der Waals surface area contributed by atoms with Crippen molar-refractivity contribution in [3.8, 4) is 0 Å². The fourth-order valence-electron chi connectivity index (χ4n) is 2.99. The Morgan fingerprint density at radius 2 is 1.88 bits per heavy atom. The van der Waals surface area contributed by atoms with Crippen LogP contribution in [-0.4, -0.2) is 60.6 Å². The molecule has 0 bridgehead atoms. The zero-order valence-corrected chi connectivity index (χ0v) is 12.8. The summed E-state index contributed by atoms with van der Waals surface area (Å²) in [5, 5.41) is 3.69. The highest BCUT2D eigenvalue weighted by atomic mass is 15.3. The van der Waals surface area contributed by atoms with Gasteiger partial charge in [0, 0.05) is 30.2 Å². The van der Waals surface area contributed by atoms with E-state index >= 15 is 0 Å². The topological polar surface area (TPSA) is 18.5 Å². The second-order valence-corrected chi connectivity index (χ2v) is 7.26. The van der Waals surface area contributed by atoms with E-state index in [-0.39, 0.29) is 11.1 Å². The van der Waals surface area contributed by atoms with Gasteiger partial charge in [0.25, 0.3) is 0 Å². The zero-order chi connectivity index (χ0) is 13.3. The Labute approximate surface area is 108 Å². The van der Waals surface area contributed by atoms with Gasteiger partial charge in [0.2, 0.25) is 0 Å². The van der Waals surface area contributed by atoms with Gasteiger partial charge in [-0.05, 0) is 61.7 Å². The molecular formula is C14H31N3. The van der Waals surface area contributed by atoms with Crippen LogP contribution in [0.4, 0.5) is 0 Å². The molecular weight excluding hydrogens is 210 g/mol. The van der Waals surface area contributed by atoms with E-state index in [1.54, 1.807) is 0 Å². The van der Waals surface area contributed by atoms with Crippen LogP contribution in [0.2, 0.25) is 0 Å². The standard InChI is InChI=1S/C14H31N3/c1-13(2,3)17-11-12(10-16(6)7)15-9-8-14(17,4)5/h12,15H,8-11H2,1-7H3. The highest BCUT2D eigenvalue weighted by Gasteiger charge is 2.37. The molecule has 1 heterocycles. The first-order chi connectivity index (χ1) is 7.63. The molecule has 1 atom stereocenters. The second-order valence-electron chi connectivity index (χ2n) is 7.26. The van der Waals surface area contributed by atoms with Gasteiger partial charge in [-0.2, -0.15) is 0 Å². The summed E-state index contributed by atoms with van der Waals surface area (Å²) >= 11 is 0. The summed E-state index contributed by atoms with van der Waals surface area (Å²) in [6, 6.07) is 0.575. The van der Waals surface area contributed by atoms with Gasteiger partial charge < -0.3 is 10.2 Å². The summed E-state index contributed by atoms with van der Waals surface area (Å²) in [6.07, 6.45) is 1.22. The van der Waals surface area contributed by atoms with Gasteiger partial charge in [-0.3, -0.25) is 4.90 Å². The maximum Gasteiger partial charge on any atom is 0.0322 e. The molecule has 102 valence electrons. The van der Waals surface area contributed by atoms with Crippen molar-refractivity contribution in [1.82, 2.24) is 15.1 Å². The van der Waals surface area contributed by atoms with Crippen LogP contribution in [0.5, 0.6) is 0 Å². The van der Waals surface area contributed by atoms with Crippen molar-refractivity contribution < 1.29 is 0 Å². The lowest BCUT2D eigenvalue weighted by molar-refractivity contribution is 0.0250. The Morgan fingerprint density at radius 3 is 2.35 bits per heavy atom. The van der Waals surface area contributed by atoms with Crippen molar-refractivity contribution in [2.45, 2.75) is 58.2 Å². The largest absolute Gasteiger partial charge is 0.311 e. The molecule has 0 amide bonds. The van der Waals surface area contributed by atoms with Crippen molar-refractivity contribution in [3.05, 3.63) is 0 Å². The van der Waals surface area contributed by atoms with Crippen LogP contribution < -0.4 is 5.32 Å². The Bertz CT molecular complexity index is 240. The maximum atomic E-state index is 3.69. The van der Waals surface area contributed by atoms with E-state index < -0.39 is 0 Å². The molecule has 3 heteroatoms. The van der Waals surface area contributed by atoms with E-state index in [9.17, 15) is 0 Å². The molecule has 1 fully saturated rings. The fourth-order valence-corrected chi connectivity index (χ4v) is 2.99. The van der Waals surface area contributed by atoms with Crippen molar-refractivity contribution in [2.75, 3.05) is 33.7 Å². The highest BCUT2D eigenvalue weighted by molar-refractivity contribution is 4.95. The van der Waals surface area contributed by atoms with Gasteiger partial charge in [-0.1, -0.05) is 0 Å². The van der Waals surface area contributed by atoms with E-state index in [1.807, 2.05) is 0 Å². The predicted molar refractivity (Wildman–Crippen MR) is 75.5 cm³/mol. The number of hydrogen-bond acceptors (Lipinski definition) is 3. The van der Waals surface area contributed by atoms with E-state index in [2.05, 4.69) is 63.8 Å². The Morgan fingerprint density at radius 1 is 1.29 bits per heavy atom. The van der Waals surface area contributed by atoms with Crippen LogP contribution in [0.25, 0.3) is 0 Å². The first-order valence-electron chi connectivity index (χ1n) is 6.79. The third-order valence-electron chi connectivity index (χ3n) is 3.70. The third kappa shape index (κ3) is 4.23. The molecule has 0 aromatic heterocycles. The fraction of sp³-hybridized carbons (Fsp3) is 1.00. The highest BCUT2D eigenvalue weighted by Crippen LogP contribution is 2.29. The van der Waals surface area contributed by atoms with Gasteiger partial charge in [0.15, 0.2) is 0 Å². The Hall–Kier alpha value is -0.120. The molecule has 1 rings (SSSR count). The number of nitrogens with zero attached hydrogens (tertiary/aromatic N) is 2. The van der Waals surface area contributed by atoms with Crippen LogP contribution in [0, 0.1) is 0 Å². The number of hydrogen-bond donors (Lipinski definition) is 1. The molecule has 1 aliphatic rings. The molecule has 1 aliphatic heterocycles. The average molecular weight is 241 g/mol. The molecule has 0 aliphatic carbocycles. The summed E-state index contributed by atoms with van der Waals surface area (Å²) in [5.41, 5.74) is 0.520. The molecule has 3 nitrogen and oxygen atoms in total. The Kier molecular flexibility index (Phi) is 4.61. The number of rotatable bonds is 2. The van der Waals surface area contributed by atoms with Gasteiger partial charge >= 0.3 is 0 Å². The quantitative estimate of drug-likeness (QED) is 0.795. The first-order valence-corrected chi connectivity index (χ1v) is 6.79. The van der Waals surface area contributed by atoms with E-state index in [0.29, 0.717) is 6.04 Å². The zero-order valence-electron chi connectivity index (χ0n) is 12.8. The van der Waals surface area contributed by atoms with E-state index in [0.717, 1.165) is 19.6 Å². The molecule has 0 aromatic rings. The monoisotopic (exact) mass is 241 g/mol. The third-order valence-corrected chi connectivity index (χ3v) is 3.70. The SMILES string of the molecule is CN(C)CC1CN(C(C)(C)C)C(C)(C)CCN1. The normalized spacial score (nSPS) is 27.2. The predicted octanol–water partition coefficient (Wildman–Crippen LogP) is 1.79. The smallest absolute Gasteiger partial charge is 0.0322 e. The van der Waals surface area contributed by atoms with Crippen LogP contribution in [-0.2, 0) is 0 Å². The lowest BCUT2D eigenvalue weighted by Gasteiger charge is -2.47. The molecule has 0 saturated carbocycles. The van der Waals surface area contributed by atoms with Gasteiger partial charge in [-0.25, -0.2) is 0 Å². The van der Waals surface area contributed by atoms with Gasteiger partial charge in [-0.15, -0.1) is 0 Å². The minimum Gasteiger partial charge on any atom is -0.311 e. The molecule has 1 saturated heterocycles. The van der Waals surface area contributed by atoms with Gasteiger partial charge in [0.1, 0.15) is 0 Å². The minimum atomic E-state index is 0.236. The van der Waals surface area contributed by atoms with Gasteiger partial charge in [0.05, 0.1) is 0 Å². The second kappa shape index (κ2) is 5.25. The summed E-state index contributed by atoms with van der Waals surface area (Å²) < 4.78 is 0.